The first-order valence-electron chi connectivity index (χ1n) is 6.95. The van der Waals surface area contributed by atoms with Crippen LogP contribution in [0.3, 0.4) is 0 Å². The predicted octanol–water partition coefficient (Wildman–Crippen LogP) is 3.75. The van der Waals surface area contributed by atoms with Crippen molar-refractivity contribution in [1.29, 1.82) is 0 Å². The van der Waals surface area contributed by atoms with Crippen molar-refractivity contribution in [1.82, 2.24) is 5.32 Å². The van der Waals surface area contributed by atoms with E-state index < -0.39 is 0 Å². The first-order valence-corrected chi connectivity index (χ1v) is 8.07. The molecule has 0 aliphatic heterocycles. The highest BCUT2D eigenvalue weighted by atomic mass is 79.9. The Hall–Kier alpha value is -0.770. The van der Waals surface area contributed by atoms with Gasteiger partial charge in [-0.2, -0.15) is 0 Å². The van der Waals surface area contributed by atoms with Crippen LogP contribution in [0.2, 0.25) is 0 Å². The van der Waals surface area contributed by atoms with Crippen molar-refractivity contribution in [2.75, 3.05) is 11.9 Å². The summed E-state index contributed by atoms with van der Waals surface area (Å²) in [5.41, 5.74) is 1.67. The van der Waals surface area contributed by atoms with Gasteiger partial charge in [-0.25, -0.2) is 0 Å². The van der Waals surface area contributed by atoms with Gasteiger partial charge >= 0.3 is 0 Å². The Morgan fingerprint density at radius 2 is 1.95 bits per heavy atom. The summed E-state index contributed by atoms with van der Waals surface area (Å²) in [5, 5.41) is 4.12. The van der Waals surface area contributed by atoms with E-state index in [1.807, 2.05) is 20.8 Å². The molecule has 0 aromatic carbocycles. The molecule has 2 atom stereocenters. The van der Waals surface area contributed by atoms with Gasteiger partial charge in [-0.1, -0.05) is 22.4 Å². The van der Waals surface area contributed by atoms with Crippen LogP contribution in [0.4, 0.5) is 0 Å². The number of carbonyl (C=O) groups excluding carboxylic acids is 1. The summed E-state index contributed by atoms with van der Waals surface area (Å²) in [7, 11) is 0. The van der Waals surface area contributed by atoms with Gasteiger partial charge in [0.25, 0.3) is 5.91 Å². The highest BCUT2D eigenvalue weighted by molar-refractivity contribution is 9.09. The molecule has 1 amide bonds. The van der Waals surface area contributed by atoms with Gasteiger partial charge in [-0.3, -0.25) is 4.79 Å². The third kappa shape index (κ3) is 3.04. The zero-order valence-corrected chi connectivity index (χ0v) is 13.5. The molecule has 1 N–H and O–H groups in total. The van der Waals surface area contributed by atoms with Crippen molar-refractivity contribution in [3.8, 4) is 0 Å². The van der Waals surface area contributed by atoms with Crippen LogP contribution in [0.5, 0.6) is 0 Å². The second-order valence-corrected chi connectivity index (χ2v) is 6.18. The largest absolute Gasteiger partial charge is 0.466 e. The second kappa shape index (κ2) is 6.12. The van der Waals surface area contributed by atoms with Crippen LogP contribution in [0, 0.1) is 32.6 Å². The van der Waals surface area contributed by atoms with Crippen LogP contribution in [0.25, 0.3) is 0 Å². The molecule has 4 heteroatoms. The molecule has 1 aromatic heterocycles. The normalized spacial score (nSPS) is 22.7. The maximum Gasteiger partial charge on any atom is 0.255 e. The molecule has 0 bridgehead atoms. The number of rotatable bonds is 4. The Labute approximate surface area is 123 Å². The van der Waals surface area contributed by atoms with Gasteiger partial charge in [0.05, 0.1) is 5.56 Å². The van der Waals surface area contributed by atoms with E-state index in [2.05, 4.69) is 21.2 Å². The Morgan fingerprint density at radius 1 is 1.26 bits per heavy atom. The molecule has 1 fully saturated rings. The molecule has 1 aliphatic carbocycles. The molecule has 0 spiro atoms. The summed E-state index contributed by atoms with van der Waals surface area (Å²) >= 11 is 3.57. The zero-order chi connectivity index (χ0) is 14.0. The van der Waals surface area contributed by atoms with Crippen LogP contribution >= 0.6 is 15.9 Å². The summed E-state index contributed by atoms with van der Waals surface area (Å²) in [6.45, 7) is 6.47. The lowest BCUT2D eigenvalue weighted by molar-refractivity contribution is 0.0943. The summed E-state index contributed by atoms with van der Waals surface area (Å²) < 4.78 is 5.51. The summed E-state index contributed by atoms with van der Waals surface area (Å²) in [4.78, 5) is 12.3. The molecule has 19 heavy (non-hydrogen) atoms. The van der Waals surface area contributed by atoms with E-state index in [4.69, 9.17) is 4.42 Å². The number of aryl methyl sites for hydroxylation is 2. The fraction of sp³-hybridized carbons (Fsp3) is 0.667. The van der Waals surface area contributed by atoms with E-state index in [1.165, 1.54) is 19.3 Å². The Kier molecular flexibility index (Phi) is 4.71. The highest BCUT2D eigenvalue weighted by Crippen LogP contribution is 2.32. The molecule has 0 saturated heterocycles. The lowest BCUT2D eigenvalue weighted by Crippen LogP contribution is -2.31. The summed E-state index contributed by atoms with van der Waals surface area (Å²) in [5.74, 6) is 2.87. The van der Waals surface area contributed by atoms with E-state index in [0.29, 0.717) is 17.4 Å². The van der Waals surface area contributed by atoms with E-state index in [9.17, 15) is 4.79 Å². The van der Waals surface area contributed by atoms with Crippen molar-refractivity contribution in [3.05, 3.63) is 22.6 Å². The molecule has 1 aliphatic rings. The molecule has 1 aromatic rings. The number of carbonyl (C=O) groups is 1. The Morgan fingerprint density at radius 3 is 2.53 bits per heavy atom. The van der Waals surface area contributed by atoms with Crippen LogP contribution < -0.4 is 5.32 Å². The molecule has 1 saturated carbocycles. The van der Waals surface area contributed by atoms with Gasteiger partial charge < -0.3 is 9.73 Å². The van der Waals surface area contributed by atoms with E-state index in [-0.39, 0.29) is 5.91 Å². The minimum Gasteiger partial charge on any atom is -0.466 e. The number of nitrogens with one attached hydrogen (secondary N) is 1. The topological polar surface area (TPSA) is 42.2 Å². The Balaban J connectivity index is 1.98. The van der Waals surface area contributed by atoms with Crippen molar-refractivity contribution in [3.63, 3.8) is 0 Å². The van der Waals surface area contributed by atoms with Gasteiger partial charge in [0.15, 0.2) is 0 Å². The monoisotopic (exact) mass is 327 g/mol. The third-order valence-corrected chi connectivity index (χ3v) is 5.16. The standard InChI is InChI=1S/C15H22BrNO2/c1-9-10(2)19-11(3)14(9)15(18)17-8-13-6-4-5-12(13)7-16/h12-13H,4-8H2,1-3H3,(H,17,18). The highest BCUT2D eigenvalue weighted by Gasteiger charge is 2.27. The minimum absolute atomic E-state index is 0.00655. The average molecular weight is 328 g/mol. The number of alkyl halides is 1. The van der Waals surface area contributed by atoms with Crippen LogP contribution in [0.1, 0.15) is 46.7 Å². The fourth-order valence-corrected chi connectivity index (χ4v) is 3.88. The van der Waals surface area contributed by atoms with Gasteiger partial charge in [0, 0.05) is 17.4 Å². The van der Waals surface area contributed by atoms with Gasteiger partial charge in [-0.05, 0) is 45.4 Å². The minimum atomic E-state index is 0.00655. The van der Waals surface area contributed by atoms with Gasteiger partial charge in [0.2, 0.25) is 0 Å². The number of halogens is 1. The average Bonchev–Trinajstić information content (AvgIpc) is 2.92. The number of hydrogen-bond donors (Lipinski definition) is 1. The molecule has 2 rings (SSSR count). The lowest BCUT2D eigenvalue weighted by Gasteiger charge is -2.17. The van der Waals surface area contributed by atoms with Gasteiger partial charge in [-0.15, -0.1) is 0 Å². The predicted molar refractivity (Wildman–Crippen MR) is 79.9 cm³/mol. The number of hydrogen-bond acceptors (Lipinski definition) is 2. The van der Waals surface area contributed by atoms with Crippen LogP contribution in [-0.2, 0) is 0 Å². The first-order chi connectivity index (χ1) is 9.04. The molecule has 1 heterocycles. The quantitative estimate of drug-likeness (QED) is 0.856. The van der Waals surface area contributed by atoms with Gasteiger partial charge in [0.1, 0.15) is 11.5 Å². The maximum absolute atomic E-state index is 12.3. The van der Waals surface area contributed by atoms with Crippen molar-refractivity contribution in [2.45, 2.75) is 40.0 Å². The summed E-state index contributed by atoms with van der Waals surface area (Å²) in [6.07, 6.45) is 3.77. The lowest BCUT2D eigenvalue weighted by atomic mass is 9.98. The smallest absolute Gasteiger partial charge is 0.255 e. The number of furan rings is 1. The maximum atomic E-state index is 12.3. The second-order valence-electron chi connectivity index (χ2n) is 5.53. The zero-order valence-electron chi connectivity index (χ0n) is 11.9. The fourth-order valence-electron chi connectivity index (χ4n) is 3.03. The van der Waals surface area contributed by atoms with Crippen molar-refractivity contribution in [2.24, 2.45) is 11.8 Å². The molecular formula is C15H22BrNO2. The molecule has 2 unspecified atom stereocenters. The SMILES string of the molecule is Cc1oc(C)c(C(=O)NCC2CCCC2CBr)c1C. The van der Waals surface area contributed by atoms with E-state index >= 15 is 0 Å². The molecule has 106 valence electrons. The van der Waals surface area contributed by atoms with Crippen molar-refractivity contribution < 1.29 is 9.21 Å². The summed E-state index contributed by atoms with van der Waals surface area (Å²) in [6, 6.07) is 0. The Bertz CT molecular complexity index is 467. The van der Waals surface area contributed by atoms with Crippen LogP contribution in [0.15, 0.2) is 4.42 Å². The number of amides is 1. The van der Waals surface area contributed by atoms with Crippen molar-refractivity contribution >= 4 is 21.8 Å². The van der Waals surface area contributed by atoms with E-state index in [1.54, 1.807) is 0 Å². The molecule has 3 nitrogen and oxygen atoms in total. The first kappa shape index (κ1) is 14.6. The molecular weight excluding hydrogens is 306 g/mol. The molecule has 0 radical (unpaired) electrons. The van der Waals surface area contributed by atoms with E-state index in [0.717, 1.165) is 29.0 Å². The van der Waals surface area contributed by atoms with Crippen LogP contribution in [-0.4, -0.2) is 17.8 Å². The third-order valence-electron chi connectivity index (χ3n) is 4.33.